The van der Waals surface area contributed by atoms with Crippen LogP contribution in [-0.4, -0.2) is 28.0 Å². The van der Waals surface area contributed by atoms with Crippen molar-refractivity contribution in [2.45, 2.75) is 12.5 Å². The second-order valence-electron chi connectivity index (χ2n) is 3.33. The summed E-state index contributed by atoms with van der Waals surface area (Å²) in [6, 6.07) is 2.16. The molecule has 0 aliphatic rings. The largest absolute Gasteiger partial charge is 0.480 e. The number of nitrogens with zero attached hydrogens (tertiary/aromatic N) is 1. The lowest BCUT2D eigenvalue weighted by atomic mass is 10.2. The second kappa shape index (κ2) is 6.15. The maximum absolute atomic E-state index is 11.7. The summed E-state index contributed by atoms with van der Waals surface area (Å²) in [5.74, 6) is -1.58. The minimum absolute atomic E-state index is 0.126. The number of carbonyl (C=O) groups is 2. The Balaban J connectivity index is 2.71. The molecule has 0 aliphatic carbocycles. The highest BCUT2D eigenvalue weighted by Crippen LogP contribution is 2.10. The Bertz CT molecular complexity index is 434. The quantitative estimate of drug-likeness (QED) is 0.865. The molecule has 0 bridgehead atoms. The zero-order valence-corrected chi connectivity index (χ0v) is 10.5. The monoisotopic (exact) mass is 298 g/mol. The molecule has 5 nitrogen and oxygen atoms in total. The molecule has 1 heterocycles. The first-order valence-corrected chi connectivity index (χ1v) is 5.57. The van der Waals surface area contributed by atoms with Crippen LogP contribution in [-0.2, 0) is 4.79 Å². The van der Waals surface area contributed by atoms with Gasteiger partial charge < -0.3 is 10.4 Å². The molecule has 0 saturated carbocycles. The molecule has 0 saturated heterocycles. The summed E-state index contributed by atoms with van der Waals surface area (Å²) in [7, 11) is 0. The van der Waals surface area contributed by atoms with E-state index in [1.165, 1.54) is 12.4 Å². The SMILES string of the molecule is C=C(Br)C[C@H](NC(=O)c1cccnc1)C(=O)O. The van der Waals surface area contributed by atoms with Gasteiger partial charge in [0.15, 0.2) is 0 Å². The smallest absolute Gasteiger partial charge is 0.326 e. The van der Waals surface area contributed by atoms with Crippen molar-refractivity contribution in [2.24, 2.45) is 0 Å². The molecule has 1 rings (SSSR count). The predicted molar refractivity (Wildman–Crippen MR) is 65.8 cm³/mol. The number of hydrogen-bond acceptors (Lipinski definition) is 3. The van der Waals surface area contributed by atoms with Crippen molar-refractivity contribution < 1.29 is 14.7 Å². The number of aliphatic carboxylic acids is 1. The number of hydrogen-bond donors (Lipinski definition) is 2. The molecular weight excluding hydrogens is 288 g/mol. The highest BCUT2D eigenvalue weighted by Gasteiger charge is 2.20. The van der Waals surface area contributed by atoms with E-state index in [-0.39, 0.29) is 6.42 Å². The summed E-state index contributed by atoms with van der Waals surface area (Å²) in [5.41, 5.74) is 0.318. The highest BCUT2D eigenvalue weighted by atomic mass is 79.9. The van der Waals surface area contributed by atoms with Crippen LogP contribution < -0.4 is 5.32 Å². The van der Waals surface area contributed by atoms with Crippen molar-refractivity contribution in [3.8, 4) is 0 Å². The van der Waals surface area contributed by atoms with Gasteiger partial charge in [0, 0.05) is 18.8 Å². The van der Waals surface area contributed by atoms with E-state index in [2.05, 4.69) is 32.8 Å². The molecule has 2 N–H and O–H groups in total. The zero-order valence-electron chi connectivity index (χ0n) is 8.89. The van der Waals surface area contributed by atoms with Crippen molar-refractivity contribution in [3.05, 3.63) is 41.2 Å². The lowest BCUT2D eigenvalue weighted by molar-refractivity contribution is -0.139. The molecular formula is C11H11BrN2O3. The third-order valence-corrected chi connectivity index (χ3v) is 2.28. The van der Waals surface area contributed by atoms with Crippen LogP contribution in [0.4, 0.5) is 0 Å². The minimum Gasteiger partial charge on any atom is -0.480 e. The standard InChI is InChI=1S/C11H11BrN2O3/c1-7(12)5-9(11(16)17)14-10(15)8-3-2-4-13-6-8/h2-4,6,9H,1,5H2,(H,14,15)(H,16,17)/t9-/m0/s1. The van der Waals surface area contributed by atoms with Crippen molar-refractivity contribution in [3.63, 3.8) is 0 Å². The van der Waals surface area contributed by atoms with Gasteiger partial charge in [0.1, 0.15) is 6.04 Å². The molecule has 0 aliphatic heterocycles. The van der Waals surface area contributed by atoms with Crippen molar-refractivity contribution in [1.29, 1.82) is 0 Å². The Labute approximate surface area is 107 Å². The van der Waals surface area contributed by atoms with E-state index in [1.54, 1.807) is 12.1 Å². The van der Waals surface area contributed by atoms with Gasteiger partial charge in [-0.2, -0.15) is 0 Å². The minimum atomic E-state index is -1.11. The molecule has 6 heteroatoms. The molecule has 0 aromatic carbocycles. The van der Waals surface area contributed by atoms with Crippen LogP contribution in [0.3, 0.4) is 0 Å². The van der Waals surface area contributed by atoms with Gasteiger partial charge in [0.05, 0.1) is 5.56 Å². The number of rotatable bonds is 5. The van der Waals surface area contributed by atoms with Crippen LogP contribution in [0.1, 0.15) is 16.8 Å². The summed E-state index contributed by atoms with van der Waals surface area (Å²) in [6.07, 6.45) is 3.03. The van der Waals surface area contributed by atoms with Crippen molar-refractivity contribution in [2.75, 3.05) is 0 Å². The average molecular weight is 299 g/mol. The van der Waals surface area contributed by atoms with Crippen LogP contribution in [0.15, 0.2) is 35.6 Å². The number of halogens is 1. The van der Waals surface area contributed by atoms with Crippen LogP contribution >= 0.6 is 15.9 Å². The van der Waals surface area contributed by atoms with Gasteiger partial charge in [-0.3, -0.25) is 9.78 Å². The number of carboxylic acid groups (broad SMARTS) is 1. The van der Waals surface area contributed by atoms with Gasteiger partial charge in [-0.15, -0.1) is 0 Å². The third-order valence-electron chi connectivity index (χ3n) is 1.95. The summed E-state index contributed by atoms with van der Waals surface area (Å²) in [4.78, 5) is 26.4. The number of carboxylic acids is 1. The molecule has 0 unspecified atom stereocenters. The first-order chi connectivity index (χ1) is 8.00. The Hall–Kier alpha value is -1.69. The summed E-state index contributed by atoms with van der Waals surface area (Å²) in [5, 5.41) is 11.3. The summed E-state index contributed by atoms with van der Waals surface area (Å²) >= 11 is 3.07. The topological polar surface area (TPSA) is 79.3 Å². The lowest BCUT2D eigenvalue weighted by Crippen LogP contribution is -2.40. The van der Waals surface area contributed by atoms with Gasteiger partial charge >= 0.3 is 5.97 Å². The highest BCUT2D eigenvalue weighted by molar-refractivity contribution is 9.11. The third kappa shape index (κ3) is 4.36. The first kappa shape index (κ1) is 13.4. The fourth-order valence-corrected chi connectivity index (χ4v) is 1.48. The molecule has 1 amide bonds. The molecule has 90 valence electrons. The van der Waals surface area contributed by atoms with Gasteiger partial charge in [-0.05, 0) is 16.6 Å². The normalized spacial score (nSPS) is 11.6. The molecule has 0 radical (unpaired) electrons. The maximum atomic E-state index is 11.7. The molecule has 0 fully saturated rings. The number of carbonyl (C=O) groups excluding carboxylic acids is 1. The number of pyridine rings is 1. The fourth-order valence-electron chi connectivity index (χ4n) is 1.16. The molecule has 0 spiro atoms. The summed E-state index contributed by atoms with van der Waals surface area (Å²) in [6.45, 7) is 3.55. The van der Waals surface area contributed by atoms with Crippen LogP contribution in [0.2, 0.25) is 0 Å². The molecule has 1 aromatic rings. The van der Waals surface area contributed by atoms with Gasteiger partial charge in [-0.25, -0.2) is 4.79 Å². The molecule has 1 atom stereocenters. The van der Waals surface area contributed by atoms with Gasteiger partial charge in [0.2, 0.25) is 0 Å². The van der Waals surface area contributed by atoms with Crippen LogP contribution in [0.25, 0.3) is 0 Å². The first-order valence-electron chi connectivity index (χ1n) is 4.77. The van der Waals surface area contributed by atoms with Crippen LogP contribution in [0, 0.1) is 0 Å². The van der Waals surface area contributed by atoms with Crippen LogP contribution in [0.5, 0.6) is 0 Å². The Morgan fingerprint density at radius 1 is 1.59 bits per heavy atom. The summed E-state index contributed by atoms with van der Waals surface area (Å²) < 4.78 is 0.511. The Kier molecular flexibility index (Phi) is 4.84. The van der Waals surface area contributed by atoms with Gasteiger partial charge in [0.25, 0.3) is 5.91 Å². The maximum Gasteiger partial charge on any atom is 0.326 e. The van der Waals surface area contributed by atoms with Crippen molar-refractivity contribution in [1.82, 2.24) is 10.3 Å². The van der Waals surface area contributed by atoms with E-state index in [0.29, 0.717) is 10.0 Å². The number of amides is 1. The fraction of sp³-hybridized carbons (Fsp3) is 0.182. The van der Waals surface area contributed by atoms with E-state index in [1.807, 2.05) is 0 Å². The van der Waals surface area contributed by atoms with E-state index in [0.717, 1.165) is 0 Å². The Morgan fingerprint density at radius 3 is 2.76 bits per heavy atom. The van der Waals surface area contributed by atoms with E-state index < -0.39 is 17.9 Å². The number of aromatic nitrogens is 1. The van der Waals surface area contributed by atoms with Gasteiger partial charge in [-0.1, -0.05) is 22.5 Å². The zero-order chi connectivity index (χ0) is 12.8. The van der Waals surface area contributed by atoms with E-state index >= 15 is 0 Å². The lowest BCUT2D eigenvalue weighted by Gasteiger charge is -2.13. The van der Waals surface area contributed by atoms with Crippen molar-refractivity contribution >= 4 is 27.8 Å². The molecule has 1 aromatic heterocycles. The average Bonchev–Trinajstić information content (AvgIpc) is 2.28. The predicted octanol–water partition coefficient (Wildman–Crippen LogP) is 1.56. The Morgan fingerprint density at radius 2 is 2.29 bits per heavy atom. The molecule has 17 heavy (non-hydrogen) atoms. The van der Waals surface area contributed by atoms with E-state index in [4.69, 9.17) is 5.11 Å². The van der Waals surface area contributed by atoms with E-state index in [9.17, 15) is 9.59 Å². The second-order valence-corrected chi connectivity index (χ2v) is 4.45. The number of nitrogens with one attached hydrogen (secondary N) is 1.